The number of hydrogen-bond donors (Lipinski definition) is 2. The molecular formula is C25H26Cl2FN3O3. The number of fused-ring (bicyclic) bond motifs is 1. The summed E-state index contributed by atoms with van der Waals surface area (Å²) >= 11 is 12.7. The van der Waals surface area contributed by atoms with Gasteiger partial charge in [0.05, 0.1) is 33.3 Å². The van der Waals surface area contributed by atoms with Crippen LogP contribution in [0, 0.1) is 5.82 Å². The molecule has 0 saturated carbocycles. The van der Waals surface area contributed by atoms with Crippen LogP contribution in [0.3, 0.4) is 0 Å². The molecule has 2 amide bonds. The molecule has 0 aromatic heterocycles. The number of amides is 2. The molecule has 1 saturated heterocycles. The van der Waals surface area contributed by atoms with E-state index in [4.69, 9.17) is 23.2 Å². The normalized spacial score (nSPS) is 21.1. The molecule has 6 nitrogen and oxygen atoms in total. The third kappa shape index (κ3) is 3.85. The quantitative estimate of drug-likeness (QED) is 0.448. The highest BCUT2D eigenvalue weighted by molar-refractivity contribution is 6.42. The van der Waals surface area contributed by atoms with E-state index >= 15 is 4.39 Å². The van der Waals surface area contributed by atoms with Crippen LogP contribution >= 0.6 is 23.2 Å². The van der Waals surface area contributed by atoms with Crippen molar-refractivity contribution in [1.29, 1.82) is 0 Å². The lowest BCUT2D eigenvalue weighted by molar-refractivity contribution is -0.125. The molecule has 0 spiro atoms. The van der Waals surface area contributed by atoms with Crippen molar-refractivity contribution >= 4 is 46.4 Å². The van der Waals surface area contributed by atoms with E-state index in [9.17, 15) is 14.7 Å². The molecule has 1 fully saturated rings. The average molecular weight is 506 g/mol. The van der Waals surface area contributed by atoms with Gasteiger partial charge in [0, 0.05) is 30.9 Å². The maximum atomic E-state index is 15.2. The third-order valence-corrected chi connectivity index (χ3v) is 7.53. The highest BCUT2D eigenvalue weighted by Crippen LogP contribution is 2.46. The van der Waals surface area contributed by atoms with Crippen molar-refractivity contribution in [2.75, 3.05) is 36.5 Å². The first-order valence-electron chi connectivity index (χ1n) is 11.0. The second kappa shape index (κ2) is 8.87. The third-order valence-electron chi connectivity index (χ3n) is 6.73. The second-order valence-corrected chi connectivity index (χ2v) is 9.96. The number of carbonyl (C=O) groups is 2. The minimum absolute atomic E-state index is 0.0847. The fraction of sp³-hybridized carbons (Fsp3) is 0.360. The van der Waals surface area contributed by atoms with Gasteiger partial charge in [0.15, 0.2) is 0 Å². The van der Waals surface area contributed by atoms with E-state index < -0.39 is 16.8 Å². The Bertz CT molecular complexity index is 1190. The zero-order valence-electron chi connectivity index (χ0n) is 19.0. The van der Waals surface area contributed by atoms with Gasteiger partial charge in [0.25, 0.3) is 0 Å². The molecule has 1 atom stereocenters. The standard InChI is InChI=1S/C25H26Cl2FN3O3/c1-4-20(33)30-10-9-25(14-30,21-18(28)8-7-17(26)22(21)27)29-15-5-6-16-19(13-15)31(11-12-32)23(34)24(16,2)3/h4-8,13,29,32H,1,9-12,14H2,2-3H3. The first kappa shape index (κ1) is 24.5. The monoisotopic (exact) mass is 505 g/mol. The fourth-order valence-electron chi connectivity index (χ4n) is 4.98. The highest BCUT2D eigenvalue weighted by atomic mass is 35.5. The summed E-state index contributed by atoms with van der Waals surface area (Å²) < 4.78 is 15.2. The van der Waals surface area contributed by atoms with E-state index in [1.165, 1.54) is 18.2 Å². The lowest BCUT2D eigenvalue weighted by Gasteiger charge is -2.34. The zero-order valence-corrected chi connectivity index (χ0v) is 20.5. The predicted molar refractivity (Wildman–Crippen MR) is 132 cm³/mol. The molecule has 2 heterocycles. The Morgan fingerprint density at radius 3 is 2.71 bits per heavy atom. The minimum atomic E-state index is -1.06. The van der Waals surface area contributed by atoms with Gasteiger partial charge < -0.3 is 20.2 Å². The Kier molecular flexibility index (Phi) is 6.40. The molecule has 180 valence electrons. The van der Waals surface area contributed by atoms with Crippen LogP contribution in [0.5, 0.6) is 0 Å². The lowest BCUT2D eigenvalue weighted by atomic mass is 9.85. The van der Waals surface area contributed by atoms with Crippen LogP contribution in [0.15, 0.2) is 43.0 Å². The topological polar surface area (TPSA) is 72.9 Å². The number of anilines is 2. The van der Waals surface area contributed by atoms with E-state index in [1.807, 2.05) is 32.0 Å². The van der Waals surface area contributed by atoms with Gasteiger partial charge in [-0.3, -0.25) is 9.59 Å². The number of aliphatic hydroxyl groups excluding tert-OH is 1. The van der Waals surface area contributed by atoms with Gasteiger partial charge in [0.2, 0.25) is 11.8 Å². The summed E-state index contributed by atoms with van der Waals surface area (Å²) in [4.78, 5) is 28.4. The molecule has 0 bridgehead atoms. The summed E-state index contributed by atoms with van der Waals surface area (Å²) in [5.41, 5.74) is 0.537. The van der Waals surface area contributed by atoms with Crippen LogP contribution in [0.1, 0.15) is 31.4 Å². The number of hydrogen-bond acceptors (Lipinski definition) is 4. The van der Waals surface area contributed by atoms with Crippen LogP contribution in [0.2, 0.25) is 10.0 Å². The Hall–Kier alpha value is -2.61. The number of β-amino-alcohol motifs (C(OH)–C–C–N with tert-alkyl or cyclic N) is 1. The van der Waals surface area contributed by atoms with Gasteiger partial charge >= 0.3 is 0 Å². The summed E-state index contributed by atoms with van der Waals surface area (Å²) in [7, 11) is 0. The SMILES string of the molecule is C=CC(=O)N1CCC(Nc2ccc3c(c2)N(CCO)C(=O)C3(C)C)(c2c(F)ccc(Cl)c2Cl)C1. The van der Waals surface area contributed by atoms with Gasteiger partial charge in [-0.1, -0.05) is 35.8 Å². The Balaban J connectivity index is 1.81. The molecular weight excluding hydrogens is 480 g/mol. The fourth-order valence-corrected chi connectivity index (χ4v) is 5.47. The number of halogens is 3. The van der Waals surface area contributed by atoms with Crippen molar-refractivity contribution in [3.05, 3.63) is 70.0 Å². The minimum Gasteiger partial charge on any atom is -0.395 e. The van der Waals surface area contributed by atoms with E-state index in [-0.39, 0.29) is 47.1 Å². The van der Waals surface area contributed by atoms with Crippen LogP contribution in [-0.4, -0.2) is 48.1 Å². The molecule has 2 aliphatic heterocycles. The molecule has 0 aliphatic carbocycles. The number of nitrogens with zero attached hydrogens (tertiary/aromatic N) is 2. The maximum absolute atomic E-state index is 15.2. The molecule has 1 unspecified atom stereocenters. The van der Waals surface area contributed by atoms with Gasteiger partial charge in [-0.25, -0.2) is 4.39 Å². The summed E-state index contributed by atoms with van der Waals surface area (Å²) in [6.07, 6.45) is 1.60. The second-order valence-electron chi connectivity index (χ2n) is 9.18. The molecule has 0 radical (unpaired) electrons. The molecule has 2 aromatic carbocycles. The number of aliphatic hydroxyl groups is 1. The summed E-state index contributed by atoms with van der Waals surface area (Å²) in [6.45, 7) is 7.75. The molecule has 2 N–H and O–H groups in total. The Morgan fingerprint density at radius 1 is 1.29 bits per heavy atom. The molecule has 9 heteroatoms. The van der Waals surface area contributed by atoms with Crippen molar-refractivity contribution in [2.45, 2.75) is 31.2 Å². The maximum Gasteiger partial charge on any atom is 0.246 e. The van der Waals surface area contributed by atoms with E-state index in [2.05, 4.69) is 11.9 Å². The first-order chi connectivity index (χ1) is 16.1. The van der Waals surface area contributed by atoms with Crippen molar-refractivity contribution in [3.8, 4) is 0 Å². The van der Waals surface area contributed by atoms with E-state index in [0.717, 1.165) is 5.56 Å². The van der Waals surface area contributed by atoms with Crippen molar-refractivity contribution in [2.24, 2.45) is 0 Å². The molecule has 2 aliphatic rings. The zero-order chi connectivity index (χ0) is 24.8. The van der Waals surface area contributed by atoms with Crippen LogP contribution in [0.25, 0.3) is 0 Å². The first-order valence-corrected chi connectivity index (χ1v) is 11.7. The Labute approximate surface area is 207 Å². The summed E-state index contributed by atoms with van der Waals surface area (Å²) in [5.74, 6) is -0.900. The largest absolute Gasteiger partial charge is 0.395 e. The number of benzene rings is 2. The van der Waals surface area contributed by atoms with Crippen molar-refractivity contribution in [3.63, 3.8) is 0 Å². The average Bonchev–Trinajstić information content (AvgIpc) is 3.30. The highest BCUT2D eigenvalue weighted by Gasteiger charge is 2.46. The van der Waals surface area contributed by atoms with Crippen molar-refractivity contribution < 1.29 is 19.1 Å². The number of likely N-dealkylation sites (tertiary alicyclic amines) is 1. The smallest absolute Gasteiger partial charge is 0.246 e. The summed E-state index contributed by atoms with van der Waals surface area (Å²) in [5, 5.41) is 13.2. The van der Waals surface area contributed by atoms with Crippen LogP contribution in [0.4, 0.5) is 15.8 Å². The number of carbonyl (C=O) groups excluding carboxylic acids is 2. The van der Waals surface area contributed by atoms with Gasteiger partial charge in [-0.2, -0.15) is 0 Å². The number of rotatable bonds is 6. The van der Waals surface area contributed by atoms with Gasteiger partial charge in [0.1, 0.15) is 5.82 Å². The Morgan fingerprint density at radius 2 is 2.03 bits per heavy atom. The molecule has 2 aromatic rings. The van der Waals surface area contributed by atoms with E-state index in [0.29, 0.717) is 24.3 Å². The van der Waals surface area contributed by atoms with Gasteiger partial charge in [-0.15, -0.1) is 0 Å². The summed E-state index contributed by atoms with van der Waals surface area (Å²) in [6, 6.07) is 8.16. The molecule has 34 heavy (non-hydrogen) atoms. The predicted octanol–water partition coefficient (Wildman–Crippen LogP) is 4.47. The van der Waals surface area contributed by atoms with Gasteiger partial charge in [-0.05, 0) is 56.2 Å². The van der Waals surface area contributed by atoms with Crippen LogP contribution in [-0.2, 0) is 20.5 Å². The number of nitrogens with one attached hydrogen (secondary N) is 1. The lowest BCUT2D eigenvalue weighted by Crippen LogP contribution is -2.41. The van der Waals surface area contributed by atoms with E-state index in [1.54, 1.807) is 9.80 Å². The van der Waals surface area contributed by atoms with Crippen molar-refractivity contribution in [1.82, 2.24) is 4.90 Å². The van der Waals surface area contributed by atoms with Crippen LogP contribution < -0.4 is 10.2 Å². The molecule has 4 rings (SSSR count).